The van der Waals surface area contributed by atoms with E-state index in [4.69, 9.17) is 5.21 Å². The van der Waals surface area contributed by atoms with Gasteiger partial charge in [0.2, 0.25) is 0 Å². The van der Waals surface area contributed by atoms with E-state index in [1.165, 1.54) is 12.1 Å². The van der Waals surface area contributed by atoms with Gasteiger partial charge in [-0.2, -0.15) is 0 Å². The van der Waals surface area contributed by atoms with Gasteiger partial charge in [-0.1, -0.05) is 24.2 Å². The Kier molecular flexibility index (Phi) is 4.31. The van der Waals surface area contributed by atoms with Crippen LogP contribution in [0.25, 0.3) is 0 Å². The molecule has 1 fully saturated rings. The molecule has 0 aliphatic carbocycles. The molecule has 98 valence electrons. The lowest BCUT2D eigenvalue weighted by atomic mass is 9.93. The van der Waals surface area contributed by atoms with E-state index in [1.807, 2.05) is 12.1 Å². The molecule has 2 rings (SSSR count). The summed E-state index contributed by atoms with van der Waals surface area (Å²) in [5, 5.41) is 12.3. The molecule has 1 aromatic rings. The van der Waals surface area contributed by atoms with Crippen LogP contribution in [0.5, 0.6) is 0 Å². The Morgan fingerprint density at radius 2 is 2.11 bits per heavy atom. The Morgan fingerprint density at radius 1 is 1.39 bits per heavy atom. The molecule has 0 spiro atoms. The second kappa shape index (κ2) is 5.96. The fourth-order valence-electron chi connectivity index (χ4n) is 2.47. The lowest BCUT2D eigenvalue weighted by Crippen LogP contribution is -2.40. The van der Waals surface area contributed by atoms with E-state index in [9.17, 15) is 4.39 Å². The van der Waals surface area contributed by atoms with Crippen molar-refractivity contribution in [1.29, 1.82) is 0 Å². The summed E-state index contributed by atoms with van der Waals surface area (Å²) >= 11 is 0. The maximum Gasteiger partial charge on any atom is 0.123 e. The number of nitrogens with zero attached hydrogens (tertiary/aromatic N) is 2. The number of hydrogen-bond donors (Lipinski definition) is 1. The van der Waals surface area contributed by atoms with E-state index in [1.54, 1.807) is 0 Å². The first-order valence-electron chi connectivity index (χ1n) is 6.40. The highest BCUT2D eigenvalue weighted by Gasteiger charge is 2.24. The minimum atomic E-state index is -0.196. The van der Waals surface area contributed by atoms with E-state index in [2.05, 4.69) is 17.0 Å². The molecule has 1 aliphatic rings. The smallest absolute Gasteiger partial charge is 0.123 e. The third-order valence-electron chi connectivity index (χ3n) is 3.57. The molecular weight excluding hydrogens is 231 g/mol. The van der Waals surface area contributed by atoms with Crippen molar-refractivity contribution in [2.75, 3.05) is 13.1 Å². The van der Waals surface area contributed by atoms with Crippen molar-refractivity contribution in [3.05, 3.63) is 35.6 Å². The maximum absolute atomic E-state index is 12.8. The van der Waals surface area contributed by atoms with Crippen molar-refractivity contribution in [1.82, 2.24) is 4.90 Å². The van der Waals surface area contributed by atoms with Crippen LogP contribution in [0.15, 0.2) is 29.4 Å². The van der Waals surface area contributed by atoms with Crippen LogP contribution in [0, 0.1) is 11.7 Å². The van der Waals surface area contributed by atoms with Gasteiger partial charge >= 0.3 is 0 Å². The molecule has 0 aromatic heterocycles. The van der Waals surface area contributed by atoms with Crippen LogP contribution in [0.4, 0.5) is 4.39 Å². The molecule has 0 saturated carbocycles. The molecule has 1 atom stereocenters. The van der Waals surface area contributed by atoms with E-state index < -0.39 is 0 Å². The number of halogens is 1. The second-order valence-corrected chi connectivity index (χ2v) is 4.81. The number of benzene rings is 1. The third kappa shape index (κ3) is 3.07. The normalized spacial score (nSPS) is 23.4. The summed E-state index contributed by atoms with van der Waals surface area (Å²) in [5.74, 6) is 0.141. The zero-order valence-corrected chi connectivity index (χ0v) is 10.6. The number of likely N-dealkylation sites (tertiary alicyclic amines) is 1. The quantitative estimate of drug-likeness (QED) is 0.661. The Hall–Kier alpha value is -1.42. The summed E-state index contributed by atoms with van der Waals surface area (Å²) in [5.41, 5.74) is 2.03. The van der Waals surface area contributed by atoms with Crippen LogP contribution < -0.4 is 0 Å². The average molecular weight is 250 g/mol. The van der Waals surface area contributed by atoms with Crippen LogP contribution in [0.1, 0.15) is 25.3 Å². The van der Waals surface area contributed by atoms with Crippen molar-refractivity contribution < 1.29 is 9.60 Å². The fraction of sp³-hybridized carbons (Fsp3) is 0.500. The Morgan fingerprint density at radius 3 is 2.72 bits per heavy atom. The Bertz CT molecular complexity index is 416. The minimum Gasteiger partial charge on any atom is -0.411 e. The second-order valence-electron chi connectivity index (χ2n) is 4.81. The van der Waals surface area contributed by atoms with Crippen LogP contribution in [-0.2, 0) is 6.54 Å². The van der Waals surface area contributed by atoms with Crippen LogP contribution in [-0.4, -0.2) is 28.9 Å². The molecule has 1 saturated heterocycles. The summed E-state index contributed by atoms with van der Waals surface area (Å²) < 4.78 is 12.8. The molecule has 0 radical (unpaired) electrons. The predicted octanol–water partition coefficient (Wildman–Crippen LogP) is 2.89. The largest absolute Gasteiger partial charge is 0.411 e. The molecule has 1 aromatic carbocycles. The first-order valence-corrected chi connectivity index (χ1v) is 6.40. The molecule has 1 heterocycles. The lowest BCUT2D eigenvalue weighted by molar-refractivity contribution is 0.220. The Balaban J connectivity index is 1.97. The first kappa shape index (κ1) is 13.0. The molecule has 1 aliphatic heterocycles. The van der Waals surface area contributed by atoms with Gasteiger partial charge in [-0.05, 0) is 24.1 Å². The van der Waals surface area contributed by atoms with E-state index in [-0.39, 0.29) is 5.82 Å². The highest BCUT2D eigenvalue weighted by molar-refractivity contribution is 5.87. The minimum absolute atomic E-state index is 0.196. The zero-order chi connectivity index (χ0) is 13.0. The third-order valence-corrected chi connectivity index (χ3v) is 3.57. The highest BCUT2D eigenvalue weighted by atomic mass is 19.1. The predicted molar refractivity (Wildman–Crippen MR) is 69.3 cm³/mol. The summed E-state index contributed by atoms with van der Waals surface area (Å²) in [7, 11) is 0. The summed E-state index contributed by atoms with van der Waals surface area (Å²) in [6.07, 6.45) is 1.80. The van der Waals surface area contributed by atoms with Gasteiger partial charge in [-0.3, -0.25) is 4.90 Å². The lowest BCUT2D eigenvalue weighted by Gasteiger charge is -2.32. The maximum atomic E-state index is 12.8. The molecule has 0 bridgehead atoms. The van der Waals surface area contributed by atoms with Crippen LogP contribution in [0.2, 0.25) is 0 Å². The monoisotopic (exact) mass is 250 g/mol. The van der Waals surface area contributed by atoms with Crippen molar-refractivity contribution in [3.8, 4) is 0 Å². The van der Waals surface area contributed by atoms with Crippen molar-refractivity contribution in [2.45, 2.75) is 26.3 Å². The molecular formula is C14H19FN2O. The number of rotatable bonds is 3. The van der Waals surface area contributed by atoms with Crippen LogP contribution >= 0.6 is 0 Å². The van der Waals surface area contributed by atoms with Gasteiger partial charge in [0.1, 0.15) is 5.82 Å². The van der Waals surface area contributed by atoms with Gasteiger partial charge in [-0.15, -0.1) is 0 Å². The SMILES string of the molecule is CCC1CN(Cc2ccc(F)cc2)CC/C1=N\O. The zero-order valence-electron chi connectivity index (χ0n) is 10.6. The summed E-state index contributed by atoms with van der Waals surface area (Å²) in [6.45, 7) is 4.74. The Labute approximate surface area is 107 Å². The summed E-state index contributed by atoms with van der Waals surface area (Å²) in [6, 6.07) is 6.65. The van der Waals surface area contributed by atoms with Gasteiger partial charge in [0, 0.05) is 32.0 Å². The molecule has 3 nitrogen and oxygen atoms in total. The average Bonchev–Trinajstić information content (AvgIpc) is 2.41. The topological polar surface area (TPSA) is 35.8 Å². The molecule has 18 heavy (non-hydrogen) atoms. The fourth-order valence-corrected chi connectivity index (χ4v) is 2.47. The molecule has 1 unspecified atom stereocenters. The van der Waals surface area contributed by atoms with Crippen LogP contribution in [0.3, 0.4) is 0 Å². The van der Waals surface area contributed by atoms with Crippen molar-refractivity contribution in [2.24, 2.45) is 11.1 Å². The summed E-state index contributed by atoms with van der Waals surface area (Å²) in [4.78, 5) is 2.33. The van der Waals surface area contributed by atoms with Gasteiger partial charge in [-0.25, -0.2) is 4.39 Å². The van der Waals surface area contributed by atoms with Crippen molar-refractivity contribution in [3.63, 3.8) is 0 Å². The van der Waals surface area contributed by atoms with Gasteiger partial charge in [0.15, 0.2) is 0 Å². The van der Waals surface area contributed by atoms with Crippen molar-refractivity contribution >= 4 is 5.71 Å². The van der Waals surface area contributed by atoms with E-state index in [0.717, 1.165) is 43.8 Å². The molecule has 0 amide bonds. The number of hydrogen-bond acceptors (Lipinski definition) is 3. The van der Waals surface area contributed by atoms with E-state index in [0.29, 0.717) is 5.92 Å². The molecule has 1 N–H and O–H groups in total. The molecule has 4 heteroatoms. The van der Waals surface area contributed by atoms with E-state index >= 15 is 0 Å². The number of oxime groups is 1. The van der Waals surface area contributed by atoms with Gasteiger partial charge in [0.05, 0.1) is 5.71 Å². The first-order chi connectivity index (χ1) is 8.72. The number of piperidine rings is 1. The van der Waals surface area contributed by atoms with Gasteiger partial charge < -0.3 is 5.21 Å². The highest BCUT2D eigenvalue weighted by Crippen LogP contribution is 2.19. The van der Waals surface area contributed by atoms with Gasteiger partial charge in [0.25, 0.3) is 0 Å². The standard InChI is InChI=1S/C14H19FN2O/c1-2-12-10-17(8-7-14(12)16-18)9-11-3-5-13(15)6-4-11/h3-6,12,18H,2,7-10H2,1H3/b16-14+.